The lowest BCUT2D eigenvalue weighted by Gasteiger charge is -2.21. The molecule has 1 saturated carbocycles. The van der Waals surface area contributed by atoms with Gasteiger partial charge < -0.3 is 5.32 Å². The van der Waals surface area contributed by atoms with E-state index in [1.165, 1.54) is 32.1 Å². The Morgan fingerprint density at radius 2 is 2.15 bits per heavy atom. The maximum Gasteiger partial charge on any atom is 0.143 e. The fraction of sp³-hybridized carbons (Fsp3) is 0.750. The van der Waals surface area contributed by atoms with Crippen LogP contribution in [0, 0.1) is 5.92 Å². The second-order valence-electron chi connectivity index (χ2n) is 6.36. The lowest BCUT2D eigenvalue weighted by atomic mass is 9.94. The summed E-state index contributed by atoms with van der Waals surface area (Å²) < 4.78 is 2.10. The van der Waals surface area contributed by atoms with Gasteiger partial charge in [-0.2, -0.15) is 5.10 Å². The third kappa shape index (κ3) is 2.95. The maximum absolute atomic E-state index is 12.3. The van der Waals surface area contributed by atoms with Gasteiger partial charge in [0.1, 0.15) is 5.78 Å². The summed E-state index contributed by atoms with van der Waals surface area (Å²) in [6.07, 6.45) is 9.98. The van der Waals surface area contributed by atoms with Crippen molar-refractivity contribution in [2.75, 3.05) is 6.54 Å². The van der Waals surface area contributed by atoms with Crippen LogP contribution in [0.15, 0.2) is 12.3 Å². The van der Waals surface area contributed by atoms with Crippen LogP contribution in [0.2, 0.25) is 0 Å². The molecule has 2 heterocycles. The summed E-state index contributed by atoms with van der Waals surface area (Å²) in [6, 6.07) is 2.90. The predicted octanol–water partition coefficient (Wildman–Crippen LogP) is 2.50. The van der Waals surface area contributed by atoms with E-state index in [2.05, 4.69) is 28.2 Å². The van der Waals surface area contributed by atoms with Crippen LogP contribution in [-0.2, 0) is 11.2 Å². The molecule has 0 spiro atoms. The number of hydrogen-bond acceptors (Lipinski definition) is 3. The minimum atomic E-state index is 0.176. The third-order valence-corrected chi connectivity index (χ3v) is 4.91. The Morgan fingerprint density at radius 1 is 1.35 bits per heavy atom. The van der Waals surface area contributed by atoms with Crippen molar-refractivity contribution >= 4 is 5.78 Å². The van der Waals surface area contributed by atoms with Gasteiger partial charge in [-0.3, -0.25) is 9.48 Å². The number of Topliss-reactive ketones (excluding diaryl/α,β-unsaturated/α-hetero) is 1. The normalized spacial score (nSPS) is 27.9. The van der Waals surface area contributed by atoms with Crippen LogP contribution >= 0.6 is 0 Å². The van der Waals surface area contributed by atoms with Gasteiger partial charge in [-0.05, 0) is 38.8 Å². The van der Waals surface area contributed by atoms with Crippen LogP contribution in [0.5, 0.6) is 0 Å². The van der Waals surface area contributed by atoms with Crippen LogP contribution in [0.3, 0.4) is 0 Å². The molecule has 4 nitrogen and oxygen atoms in total. The third-order valence-electron chi connectivity index (χ3n) is 4.91. The first-order valence-corrected chi connectivity index (χ1v) is 8.04. The molecule has 2 unspecified atom stereocenters. The molecule has 2 atom stereocenters. The maximum atomic E-state index is 12.3. The summed E-state index contributed by atoms with van der Waals surface area (Å²) in [4.78, 5) is 12.3. The number of nitrogens with zero attached hydrogens (tertiary/aromatic N) is 2. The molecular formula is C16H25N3O. The minimum absolute atomic E-state index is 0.176. The van der Waals surface area contributed by atoms with Crippen molar-refractivity contribution in [1.82, 2.24) is 15.1 Å². The van der Waals surface area contributed by atoms with Gasteiger partial charge in [0.25, 0.3) is 0 Å². The highest BCUT2D eigenvalue weighted by atomic mass is 16.1. The number of carbonyl (C=O) groups is 1. The largest absolute Gasteiger partial charge is 0.314 e. The summed E-state index contributed by atoms with van der Waals surface area (Å²) in [5, 5.41) is 7.99. The van der Waals surface area contributed by atoms with Crippen LogP contribution in [-0.4, -0.2) is 28.2 Å². The molecule has 20 heavy (non-hydrogen) atoms. The number of rotatable bonds is 4. The average Bonchev–Trinajstić information content (AvgIpc) is 3.09. The zero-order chi connectivity index (χ0) is 13.9. The molecule has 0 amide bonds. The molecule has 2 aliphatic rings. The second kappa shape index (κ2) is 6.08. The molecule has 2 fully saturated rings. The fourth-order valence-corrected chi connectivity index (χ4v) is 3.63. The first-order chi connectivity index (χ1) is 9.74. The Kier molecular flexibility index (Phi) is 4.20. The molecule has 110 valence electrons. The Bertz CT molecular complexity index is 462. The zero-order valence-corrected chi connectivity index (χ0v) is 12.3. The van der Waals surface area contributed by atoms with Gasteiger partial charge in [0.15, 0.2) is 0 Å². The van der Waals surface area contributed by atoms with Gasteiger partial charge in [0, 0.05) is 18.2 Å². The van der Waals surface area contributed by atoms with Crippen LogP contribution < -0.4 is 5.32 Å². The molecule has 4 heteroatoms. The lowest BCUT2D eigenvalue weighted by Crippen LogP contribution is -2.29. The van der Waals surface area contributed by atoms with E-state index in [9.17, 15) is 4.79 Å². The smallest absolute Gasteiger partial charge is 0.143 e. The van der Waals surface area contributed by atoms with E-state index in [1.807, 2.05) is 6.07 Å². The molecule has 0 radical (unpaired) electrons. The summed E-state index contributed by atoms with van der Waals surface area (Å²) in [5.74, 6) is 0.520. The summed E-state index contributed by atoms with van der Waals surface area (Å²) in [5.41, 5.74) is 0.944. The van der Waals surface area contributed by atoms with E-state index in [0.29, 0.717) is 24.3 Å². The molecule has 1 saturated heterocycles. The van der Waals surface area contributed by atoms with Gasteiger partial charge in [-0.25, -0.2) is 0 Å². The Hall–Kier alpha value is -1.16. The Labute approximate surface area is 120 Å². The first-order valence-electron chi connectivity index (χ1n) is 8.04. The topological polar surface area (TPSA) is 46.9 Å². The van der Waals surface area contributed by atoms with Crippen molar-refractivity contribution in [1.29, 1.82) is 0 Å². The molecule has 1 aliphatic carbocycles. The highest BCUT2D eigenvalue weighted by Gasteiger charge is 2.29. The van der Waals surface area contributed by atoms with Crippen molar-refractivity contribution in [3.05, 3.63) is 18.0 Å². The summed E-state index contributed by atoms with van der Waals surface area (Å²) in [7, 11) is 0. The average molecular weight is 275 g/mol. The van der Waals surface area contributed by atoms with Crippen LogP contribution in [0.4, 0.5) is 0 Å². The van der Waals surface area contributed by atoms with Crippen molar-refractivity contribution < 1.29 is 4.79 Å². The van der Waals surface area contributed by atoms with Crippen molar-refractivity contribution in [2.45, 2.75) is 64.0 Å². The molecular weight excluding hydrogens is 250 g/mol. The van der Waals surface area contributed by atoms with Gasteiger partial charge in [0.2, 0.25) is 0 Å². The highest BCUT2D eigenvalue weighted by molar-refractivity contribution is 5.83. The van der Waals surface area contributed by atoms with E-state index in [4.69, 9.17) is 0 Å². The van der Waals surface area contributed by atoms with Crippen molar-refractivity contribution in [3.8, 4) is 0 Å². The van der Waals surface area contributed by atoms with E-state index in [-0.39, 0.29) is 5.92 Å². The first kappa shape index (κ1) is 13.8. The number of hydrogen-bond donors (Lipinski definition) is 1. The summed E-state index contributed by atoms with van der Waals surface area (Å²) in [6.45, 7) is 3.07. The van der Waals surface area contributed by atoms with Gasteiger partial charge >= 0.3 is 0 Å². The predicted molar refractivity (Wildman–Crippen MR) is 78.6 cm³/mol. The lowest BCUT2D eigenvalue weighted by molar-refractivity contribution is -0.122. The number of carbonyl (C=O) groups excluding carboxylic acids is 1. The number of aromatic nitrogens is 2. The fourth-order valence-electron chi connectivity index (χ4n) is 3.63. The van der Waals surface area contributed by atoms with E-state index in [0.717, 1.165) is 18.7 Å². The van der Waals surface area contributed by atoms with Crippen molar-refractivity contribution in [3.63, 3.8) is 0 Å². The number of ketones is 1. The summed E-state index contributed by atoms with van der Waals surface area (Å²) >= 11 is 0. The SMILES string of the molecule is CC1NCCC1C(=O)Cc1ccn(C2CCCCC2)n1. The molecule has 1 aromatic heterocycles. The van der Waals surface area contributed by atoms with E-state index < -0.39 is 0 Å². The second-order valence-corrected chi connectivity index (χ2v) is 6.36. The monoisotopic (exact) mass is 275 g/mol. The molecule has 3 rings (SSSR count). The molecule has 1 aliphatic heterocycles. The zero-order valence-electron chi connectivity index (χ0n) is 12.3. The molecule has 0 aromatic carbocycles. The Morgan fingerprint density at radius 3 is 2.85 bits per heavy atom. The molecule has 1 aromatic rings. The quantitative estimate of drug-likeness (QED) is 0.918. The number of nitrogens with one attached hydrogen (secondary N) is 1. The minimum Gasteiger partial charge on any atom is -0.314 e. The highest BCUT2D eigenvalue weighted by Crippen LogP contribution is 2.27. The van der Waals surface area contributed by atoms with E-state index in [1.54, 1.807) is 0 Å². The standard InChI is InChI=1S/C16H25N3O/c1-12-15(7-9-17-12)16(20)11-13-8-10-19(18-13)14-5-3-2-4-6-14/h8,10,12,14-15,17H,2-7,9,11H2,1H3. The van der Waals surface area contributed by atoms with Gasteiger partial charge in [0.05, 0.1) is 18.2 Å². The van der Waals surface area contributed by atoms with Crippen molar-refractivity contribution in [2.24, 2.45) is 5.92 Å². The van der Waals surface area contributed by atoms with Crippen LogP contribution in [0.25, 0.3) is 0 Å². The Balaban J connectivity index is 1.60. The van der Waals surface area contributed by atoms with Gasteiger partial charge in [-0.15, -0.1) is 0 Å². The van der Waals surface area contributed by atoms with Crippen LogP contribution in [0.1, 0.15) is 57.2 Å². The van der Waals surface area contributed by atoms with E-state index >= 15 is 0 Å². The molecule has 0 bridgehead atoms. The van der Waals surface area contributed by atoms with Gasteiger partial charge in [-0.1, -0.05) is 19.3 Å². The molecule has 1 N–H and O–H groups in total.